The molecule has 1 atom stereocenters. The molecule has 0 aliphatic carbocycles. The van der Waals surface area contributed by atoms with Crippen LogP contribution in [0.3, 0.4) is 0 Å². The molecule has 0 radical (unpaired) electrons. The number of aliphatic hydroxyl groups excluding tert-OH is 1. The fraction of sp³-hybridized carbons (Fsp3) is 0.500. The van der Waals surface area contributed by atoms with Crippen LogP contribution < -0.4 is 11.3 Å². The number of hydrogen-bond donors (Lipinski definition) is 5. The van der Waals surface area contributed by atoms with E-state index >= 15 is 0 Å². The molecule has 122 valence electrons. The third-order valence-corrected chi connectivity index (χ3v) is 3.28. The van der Waals surface area contributed by atoms with Gasteiger partial charge < -0.3 is 34.9 Å². The summed E-state index contributed by atoms with van der Waals surface area (Å²) in [7, 11) is -4.34. The zero-order chi connectivity index (χ0) is 16.3. The summed E-state index contributed by atoms with van der Waals surface area (Å²) in [4.78, 5) is 39.9. The lowest BCUT2D eigenvalue weighted by Gasteiger charge is -2.16. The lowest BCUT2D eigenvalue weighted by molar-refractivity contribution is 0.0202. The number of fused-ring (bicyclic) bond motifs is 1. The summed E-state index contributed by atoms with van der Waals surface area (Å²) in [6, 6.07) is 0. The second kappa shape index (κ2) is 6.65. The highest BCUT2D eigenvalue weighted by Gasteiger charge is 2.19. The smallest absolute Gasteiger partial charge is 0.350 e. The summed E-state index contributed by atoms with van der Waals surface area (Å²) >= 11 is 0. The van der Waals surface area contributed by atoms with Gasteiger partial charge in [0.2, 0.25) is 0 Å². The molecule has 2 heterocycles. The number of nitrogens with one attached hydrogen (secondary N) is 1. The van der Waals surface area contributed by atoms with Crippen molar-refractivity contribution in [2.75, 3.05) is 13.0 Å². The van der Waals surface area contributed by atoms with Crippen molar-refractivity contribution in [1.82, 2.24) is 19.5 Å². The molecule has 2 aromatic heterocycles. The van der Waals surface area contributed by atoms with E-state index in [0.717, 1.165) is 0 Å². The fourth-order valence-electron chi connectivity index (χ4n) is 1.81. The zero-order valence-corrected chi connectivity index (χ0v) is 12.3. The maximum Gasteiger partial charge on any atom is 0.350 e. The molecule has 0 saturated heterocycles. The lowest BCUT2D eigenvalue weighted by Crippen LogP contribution is -2.25. The first-order chi connectivity index (χ1) is 10.3. The van der Waals surface area contributed by atoms with Gasteiger partial charge in [-0.2, -0.15) is 0 Å². The highest BCUT2D eigenvalue weighted by Crippen LogP contribution is 2.34. The number of imidazole rings is 1. The Kier molecular flexibility index (Phi) is 5.06. The molecule has 0 bridgehead atoms. The standard InChI is InChI=1S/C10H16N5O6P/c11-1-7-13-9-8(10(17)14-7)12-4-15(9)2-6(3-16)21-5-22(18,19)20/h4,6,16H,1-3,5,11H2,(H,13,14,17)(H2,18,19,20)/t6-/m0/s1. The van der Waals surface area contributed by atoms with Gasteiger partial charge in [0.1, 0.15) is 12.2 Å². The Morgan fingerprint density at radius 1 is 1.50 bits per heavy atom. The van der Waals surface area contributed by atoms with Gasteiger partial charge in [-0.05, 0) is 0 Å². The maximum atomic E-state index is 11.8. The molecule has 2 rings (SSSR count). The monoisotopic (exact) mass is 333 g/mol. The summed E-state index contributed by atoms with van der Waals surface area (Å²) < 4.78 is 17.2. The van der Waals surface area contributed by atoms with Gasteiger partial charge in [-0.15, -0.1) is 0 Å². The molecule has 0 aliphatic heterocycles. The molecule has 6 N–H and O–H groups in total. The number of ether oxygens (including phenoxy) is 1. The number of hydrogen-bond acceptors (Lipinski definition) is 7. The number of aromatic amines is 1. The maximum absolute atomic E-state index is 11.8. The van der Waals surface area contributed by atoms with Crippen molar-refractivity contribution in [2.45, 2.75) is 19.2 Å². The molecule has 0 spiro atoms. The molecule has 0 fully saturated rings. The number of aromatic nitrogens is 4. The van der Waals surface area contributed by atoms with Crippen molar-refractivity contribution >= 4 is 18.8 Å². The van der Waals surface area contributed by atoms with Gasteiger partial charge in [-0.1, -0.05) is 0 Å². The Labute approximate surface area is 123 Å². The molecule has 0 aromatic carbocycles. The molecule has 0 amide bonds. The van der Waals surface area contributed by atoms with E-state index < -0.39 is 32.2 Å². The van der Waals surface area contributed by atoms with Crippen molar-refractivity contribution in [2.24, 2.45) is 5.73 Å². The fourth-order valence-corrected chi connectivity index (χ4v) is 2.22. The van der Waals surface area contributed by atoms with Gasteiger partial charge in [0.25, 0.3) is 5.56 Å². The summed E-state index contributed by atoms with van der Waals surface area (Å²) in [5, 5.41) is 9.23. The predicted octanol–water partition coefficient (Wildman–Crippen LogP) is -1.91. The molecule has 2 aromatic rings. The van der Waals surface area contributed by atoms with Gasteiger partial charge >= 0.3 is 7.60 Å². The molecule has 0 saturated carbocycles. The van der Waals surface area contributed by atoms with Crippen LogP contribution in [0.2, 0.25) is 0 Å². The minimum absolute atomic E-state index is 0.0213. The molecular weight excluding hydrogens is 317 g/mol. The summed E-state index contributed by atoms with van der Waals surface area (Å²) in [5.41, 5.74) is 5.35. The van der Waals surface area contributed by atoms with Crippen molar-refractivity contribution < 1.29 is 24.2 Å². The zero-order valence-electron chi connectivity index (χ0n) is 11.4. The SMILES string of the molecule is NCc1nc2c(ncn2C[C@@H](CO)OCP(=O)(O)O)c(=O)[nH]1. The van der Waals surface area contributed by atoms with E-state index in [1.54, 1.807) is 0 Å². The van der Waals surface area contributed by atoms with Crippen LogP contribution in [0.25, 0.3) is 11.2 Å². The average molecular weight is 333 g/mol. The summed E-state index contributed by atoms with van der Waals surface area (Å²) in [6.45, 7) is -0.408. The van der Waals surface area contributed by atoms with Crippen LogP contribution in [0.1, 0.15) is 5.82 Å². The Bertz CT molecular complexity index is 752. The van der Waals surface area contributed by atoms with E-state index in [-0.39, 0.29) is 30.1 Å². The first-order valence-corrected chi connectivity index (χ1v) is 8.05. The predicted molar refractivity (Wildman–Crippen MR) is 74.9 cm³/mol. The number of nitrogens with two attached hydrogens (primary N) is 1. The Morgan fingerprint density at radius 3 is 2.82 bits per heavy atom. The third-order valence-electron chi connectivity index (χ3n) is 2.80. The van der Waals surface area contributed by atoms with Gasteiger partial charge in [-0.25, -0.2) is 9.97 Å². The van der Waals surface area contributed by atoms with E-state index in [1.807, 2.05) is 0 Å². The minimum Gasteiger partial charge on any atom is -0.394 e. The second-order valence-electron chi connectivity index (χ2n) is 4.55. The van der Waals surface area contributed by atoms with E-state index in [0.29, 0.717) is 0 Å². The van der Waals surface area contributed by atoms with Crippen molar-refractivity contribution in [1.29, 1.82) is 0 Å². The highest BCUT2D eigenvalue weighted by molar-refractivity contribution is 7.51. The van der Waals surface area contributed by atoms with Crippen LogP contribution in [0.15, 0.2) is 11.1 Å². The van der Waals surface area contributed by atoms with E-state index in [4.69, 9.17) is 20.3 Å². The Morgan fingerprint density at radius 2 is 2.23 bits per heavy atom. The summed E-state index contributed by atoms with van der Waals surface area (Å²) in [5.74, 6) is 0.274. The lowest BCUT2D eigenvalue weighted by atomic mass is 10.3. The molecule has 22 heavy (non-hydrogen) atoms. The third kappa shape index (κ3) is 3.97. The molecular formula is C10H16N5O6P. The summed E-state index contributed by atoms with van der Waals surface area (Å²) in [6.07, 6.45) is -0.365. The first kappa shape index (κ1) is 16.7. The van der Waals surface area contributed by atoms with Gasteiger partial charge in [-0.3, -0.25) is 9.36 Å². The van der Waals surface area contributed by atoms with Gasteiger partial charge in [0.05, 0.1) is 32.1 Å². The van der Waals surface area contributed by atoms with Gasteiger partial charge in [0, 0.05) is 0 Å². The molecule has 11 nitrogen and oxygen atoms in total. The quantitative estimate of drug-likeness (QED) is 0.362. The minimum atomic E-state index is -4.34. The first-order valence-electron chi connectivity index (χ1n) is 6.25. The van der Waals surface area contributed by atoms with Gasteiger partial charge in [0.15, 0.2) is 11.2 Å². The van der Waals surface area contributed by atoms with Crippen LogP contribution in [-0.2, 0) is 22.4 Å². The molecule has 0 unspecified atom stereocenters. The number of rotatable bonds is 7. The Balaban J connectivity index is 2.24. The van der Waals surface area contributed by atoms with Crippen LogP contribution >= 0.6 is 7.60 Å². The number of nitrogens with zero attached hydrogens (tertiary/aromatic N) is 3. The van der Waals surface area contributed by atoms with Crippen LogP contribution in [0.4, 0.5) is 0 Å². The highest BCUT2D eigenvalue weighted by atomic mass is 31.2. The van der Waals surface area contributed by atoms with Crippen LogP contribution in [-0.4, -0.2) is 53.5 Å². The topological polar surface area (TPSA) is 177 Å². The molecule has 0 aliphatic rings. The number of H-pyrrole nitrogens is 1. The second-order valence-corrected chi connectivity index (χ2v) is 6.14. The Hall–Kier alpha value is -1.62. The normalized spacial score (nSPS) is 13.6. The molecule has 12 heteroatoms. The average Bonchev–Trinajstić information content (AvgIpc) is 2.85. The van der Waals surface area contributed by atoms with Crippen molar-refractivity contribution in [3.05, 3.63) is 22.5 Å². The van der Waals surface area contributed by atoms with Crippen LogP contribution in [0, 0.1) is 0 Å². The van der Waals surface area contributed by atoms with Crippen molar-refractivity contribution in [3.63, 3.8) is 0 Å². The van der Waals surface area contributed by atoms with E-state index in [1.165, 1.54) is 10.9 Å². The van der Waals surface area contributed by atoms with E-state index in [2.05, 4.69) is 15.0 Å². The van der Waals surface area contributed by atoms with E-state index in [9.17, 15) is 14.5 Å². The van der Waals surface area contributed by atoms with Crippen molar-refractivity contribution in [3.8, 4) is 0 Å². The largest absolute Gasteiger partial charge is 0.394 e. The number of aliphatic hydroxyl groups is 1. The van der Waals surface area contributed by atoms with Crippen LogP contribution in [0.5, 0.6) is 0 Å².